The Kier molecular flexibility index (Phi) is 7.22. The van der Waals surface area contributed by atoms with Crippen molar-refractivity contribution in [3.05, 3.63) is 70.7 Å². The number of urea groups is 1. The summed E-state index contributed by atoms with van der Waals surface area (Å²) in [7, 11) is 0. The minimum absolute atomic E-state index is 0.173. The van der Waals surface area contributed by atoms with Gasteiger partial charge in [-0.3, -0.25) is 9.58 Å². The molecule has 3 rings (SSSR count). The molecule has 1 atom stereocenters. The van der Waals surface area contributed by atoms with Crippen molar-refractivity contribution in [2.45, 2.75) is 26.4 Å². The van der Waals surface area contributed by atoms with Crippen LogP contribution in [0.2, 0.25) is 0 Å². The van der Waals surface area contributed by atoms with Crippen molar-refractivity contribution in [2.24, 2.45) is 0 Å². The van der Waals surface area contributed by atoms with E-state index < -0.39 is 0 Å². The average molecular weight is 398 g/mol. The van der Waals surface area contributed by atoms with E-state index in [0.29, 0.717) is 13.1 Å². The van der Waals surface area contributed by atoms with E-state index >= 15 is 0 Å². The predicted octanol–water partition coefficient (Wildman–Crippen LogP) is 4.20. The maximum Gasteiger partial charge on any atom is 0.319 e. The normalized spacial score (nSPS) is 12.1. The van der Waals surface area contributed by atoms with E-state index in [-0.39, 0.29) is 12.1 Å². The van der Waals surface area contributed by atoms with E-state index in [0.717, 1.165) is 24.3 Å². The lowest BCUT2D eigenvalue weighted by Gasteiger charge is -2.29. The fraction of sp³-hybridized carbons (Fsp3) is 0.333. The second kappa shape index (κ2) is 10.1. The van der Waals surface area contributed by atoms with Gasteiger partial charge >= 0.3 is 6.03 Å². The van der Waals surface area contributed by atoms with Crippen molar-refractivity contribution < 1.29 is 4.79 Å². The third-order valence-electron chi connectivity index (χ3n) is 4.79. The Morgan fingerprint density at radius 2 is 2.04 bits per heavy atom. The summed E-state index contributed by atoms with van der Waals surface area (Å²) in [6.45, 7) is 7.34. The molecule has 2 N–H and O–H groups in total. The number of amides is 2. The van der Waals surface area contributed by atoms with Gasteiger partial charge in [-0.2, -0.15) is 16.4 Å². The maximum absolute atomic E-state index is 12.6. The summed E-state index contributed by atoms with van der Waals surface area (Å²) >= 11 is 1.68. The number of benzene rings is 1. The Labute approximate surface area is 170 Å². The summed E-state index contributed by atoms with van der Waals surface area (Å²) in [4.78, 5) is 14.9. The third-order valence-corrected chi connectivity index (χ3v) is 5.50. The van der Waals surface area contributed by atoms with Gasteiger partial charge in [0, 0.05) is 24.6 Å². The van der Waals surface area contributed by atoms with Crippen LogP contribution in [0.5, 0.6) is 0 Å². The number of aromatic nitrogens is 2. The van der Waals surface area contributed by atoms with Gasteiger partial charge in [0.15, 0.2) is 0 Å². The summed E-state index contributed by atoms with van der Waals surface area (Å²) in [6.07, 6.45) is 3.66. The molecule has 7 heteroatoms. The van der Waals surface area contributed by atoms with Gasteiger partial charge in [-0.05, 0) is 53.2 Å². The van der Waals surface area contributed by atoms with E-state index in [1.165, 1.54) is 5.56 Å². The predicted molar refractivity (Wildman–Crippen MR) is 115 cm³/mol. The van der Waals surface area contributed by atoms with Gasteiger partial charge in [-0.1, -0.05) is 32.0 Å². The molecule has 0 saturated carbocycles. The largest absolute Gasteiger partial charge is 0.336 e. The molecule has 1 unspecified atom stereocenters. The lowest BCUT2D eigenvalue weighted by molar-refractivity contribution is 0.210. The zero-order valence-electron chi connectivity index (χ0n) is 16.3. The monoisotopic (exact) mass is 397 g/mol. The van der Waals surface area contributed by atoms with Crippen LogP contribution < -0.4 is 10.6 Å². The van der Waals surface area contributed by atoms with Gasteiger partial charge in [0.05, 0.1) is 12.6 Å². The molecular weight excluding hydrogens is 370 g/mol. The molecule has 0 aliphatic carbocycles. The van der Waals surface area contributed by atoms with Crippen LogP contribution in [-0.2, 0) is 6.54 Å². The van der Waals surface area contributed by atoms with Gasteiger partial charge in [0.1, 0.15) is 0 Å². The van der Waals surface area contributed by atoms with Crippen LogP contribution in [0.4, 0.5) is 10.5 Å². The molecule has 1 aromatic carbocycles. The first-order valence-electron chi connectivity index (χ1n) is 9.57. The number of para-hydroxylation sites is 1. The van der Waals surface area contributed by atoms with Crippen LogP contribution >= 0.6 is 11.3 Å². The topological polar surface area (TPSA) is 62.2 Å². The van der Waals surface area contributed by atoms with Crippen LogP contribution in [0.1, 0.15) is 31.0 Å². The van der Waals surface area contributed by atoms with Crippen LogP contribution in [0.25, 0.3) is 0 Å². The molecule has 2 amide bonds. The van der Waals surface area contributed by atoms with Crippen LogP contribution in [0, 0.1) is 0 Å². The number of hydrogen-bond acceptors (Lipinski definition) is 4. The van der Waals surface area contributed by atoms with Gasteiger partial charge < -0.3 is 10.6 Å². The van der Waals surface area contributed by atoms with E-state index in [1.807, 2.05) is 41.2 Å². The van der Waals surface area contributed by atoms with Crippen molar-refractivity contribution in [3.63, 3.8) is 0 Å². The van der Waals surface area contributed by atoms with Crippen molar-refractivity contribution in [1.29, 1.82) is 0 Å². The summed E-state index contributed by atoms with van der Waals surface area (Å²) in [6, 6.07) is 11.8. The molecule has 0 aliphatic rings. The SMILES string of the molecule is CCN(CC)C(CNC(=O)Nc1ccccc1Cn1cccn1)c1ccsc1. The first-order chi connectivity index (χ1) is 13.7. The summed E-state index contributed by atoms with van der Waals surface area (Å²) in [5.74, 6) is 0. The van der Waals surface area contributed by atoms with Crippen molar-refractivity contribution in [1.82, 2.24) is 20.0 Å². The molecule has 0 fully saturated rings. The van der Waals surface area contributed by atoms with Crippen LogP contribution in [-0.4, -0.2) is 40.3 Å². The van der Waals surface area contributed by atoms with E-state index in [9.17, 15) is 4.79 Å². The number of nitrogens with zero attached hydrogens (tertiary/aromatic N) is 3. The van der Waals surface area contributed by atoms with Crippen LogP contribution in [0.15, 0.2) is 59.6 Å². The van der Waals surface area contributed by atoms with Crippen LogP contribution in [0.3, 0.4) is 0 Å². The average Bonchev–Trinajstić information content (AvgIpc) is 3.41. The molecule has 3 aromatic rings. The second-order valence-corrected chi connectivity index (χ2v) is 7.27. The highest BCUT2D eigenvalue weighted by Crippen LogP contribution is 2.22. The number of rotatable bonds is 9. The first-order valence-corrected chi connectivity index (χ1v) is 10.5. The Morgan fingerprint density at radius 1 is 1.21 bits per heavy atom. The smallest absolute Gasteiger partial charge is 0.319 e. The molecule has 6 nitrogen and oxygen atoms in total. The lowest BCUT2D eigenvalue weighted by atomic mass is 10.1. The summed E-state index contributed by atoms with van der Waals surface area (Å²) < 4.78 is 1.84. The number of carbonyl (C=O) groups excluding carboxylic acids is 1. The standard InChI is InChI=1S/C21H27N5OS/c1-3-25(4-2)20(18-10-13-28-16-18)14-22-21(27)24-19-9-6-5-8-17(19)15-26-12-7-11-23-26/h5-13,16,20H,3-4,14-15H2,1-2H3,(H2,22,24,27). The van der Waals surface area contributed by atoms with Gasteiger partial charge in [-0.15, -0.1) is 0 Å². The highest BCUT2D eigenvalue weighted by molar-refractivity contribution is 7.07. The molecule has 0 aliphatic heterocycles. The van der Waals surface area contributed by atoms with E-state index in [4.69, 9.17) is 0 Å². The molecule has 148 valence electrons. The molecule has 0 spiro atoms. The fourth-order valence-electron chi connectivity index (χ4n) is 3.29. The number of anilines is 1. The lowest BCUT2D eigenvalue weighted by Crippen LogP contribution is -2.39. The van der Waals surface area contributed by atoms with Crippen molar-refractivity contribution in [3.8, 4) is 0 Å². The minimum atomic E-state index is -0.194. The molecule has 0 saturated heterocycles. The highest BCUT2D eigenvalue weighted by Gasteiger charge is 2.19. The molecular formula is C21H27N5OS. The van der Waals surface area contributed by atoms with Crippen molar-refractivity contribution >= 4 is 23.1 Å². The zero-order chi connectivity index (χ0) is 19.8. The van der Waals surface area contributed by atoms with E-state index in [1.54, 1.807) is 17.5 Å². The molecule has 28 heavy (non-hydrogen) atoms. The minimum Gasteiger partial charge on any atom is -0.336 e. The summed E-state index contributed by atoms with van der Waals surface area (Å²) in [5.41, 5.74) is 3.05. The Bertz CT molecular complexity index is 844. The number of hydrogen-bond donors (Lipinski definition) is 2. The number of likely N-dealkylation sites (N-methyl/N-ethyl adjacent to an activating group) is 1. The second-order valence-electron chi connectivity index (χ2n) is 6.49. The van der Waals surface area contributed by atoms with Crippen molar-refractivity contribution in [2.75, 3.05) is 25.0 Å². The number of carbonyl (C=O) groups is 1. The molecule has 0 bridgehead atoms. The van der Waals surface area contributed by atoms with E-state index in [2.05, 4.69) is 51.3 Å². The fourth-order valence-corrected chi connectivity index (χ4v) is 4.00. The Hall–Kier alpha value is -2.64. The Balaban J connectivity index is 1.63. The summed E-state index contributed by atoms with van der Waals surface area (Å²) in [5, 5.41) is 14.5. The Morgan fingerprint density at radius 3 is 2.71 bits per heavy atom. The van der Waals surface area contributed by atoms with Gasteiger partial charge in [0.2, 0.25) is 0 Å². The molecule has 0 radical (unpaired) electrons. The number of thiophene rings is 1. The highest BCUT2D eigenvalue weighted by atomic mass is 32.1. The molecule has 2 heterocycles. The van der Waals surface area contributed by atoms with Gasteiger partial charge in [0.25, 0.3) is 0 Å². The number of nitrogens with one attached hydrogen (secondary N) is 2. The zero-order valence-corrected chi connectivity index (χ0v) is 17.2. The maximum atomic E-state index is 12.6. The third kappa shape index (κ3) is 5.21. The quantitative estimate of drug-likeness (QED) is 0.569. The van der Waals surface area contributed by atoms with Gasteiger partial charge in [-0.25, -0.2) is 4.79 Å². The first kappa shape index (κ1) is 20.1. The molecule has 2 aromatic heterocycles.